The maximum absolute atomic E-state index is 12.2. The number of hydrogen-bond acceptors (Lipinski definition) is 3. The molecule has 0 fully saturated rings. The molecule has 1 aromatic rings. The molecule has 0 spiro atoms. The van der Waals surface area contributed by atoms with E-state index in [4.69, 9.17) is 4.52 Å². The molecule has 0 heterocycles. The average molecular weight is 665 g/mol. The van der Waals surface area contributed by atoms with Gasteiger partial charge in [0.15, 0.2) is 0 Å². The second kappa shape index (κ2) is 22.9. The summed E-state index contributed by atoms with van der Waals surface area (Å²) in [7, 11) is -4.37. The van der Waals surface area contributed by atoms with Gasteiger partial charge < -0.3 is 0 Å². The number of rotatable bonds is 30. The Morgan fingerprint density at radius 1 is 0.500 bits per heavy atom. The van der Waals surface area contributed by atoms with Gasteiger partial charge in [0, 0.05) is 0 Å². The molecule has 0 saturated carbocycles. The van der Waals surface area contributed by atoms with Crippen molar-refractivity contribution in [1.29, 1.82) is 0 Å². The van der Waals surface area contributed by atoms with Crippen LogP contribution in [0.5, 0.6) is 5.75 Å². The quantitative estimate of drug-likeness (QED) is 0.0635. The molecule has 46 heavy (non-hydrogen) atoms. The molecule has 4 heteroatoms. The first-order chi connectivity index (χ1) is 21.8. The summed E-state index contributed by atoms with van der Waals surface area (Å²) < 4.78 is 6.64. The van der Waals surface area contributed by atoms with Gasteiger partial charge in [-0.05, 0) is 0 Å². The average Bonchev–Trinajstić information content (AvgIpc) is 3.02. The van der Waals surface area contributed by atoms with Crippen molar-refractivity contribution in [1.82, 2.24) is 0 Å². The zero-order valence-electron chi connectivity index (χ0n) is 32.4. The monoisotopic (exact) mass is 665 g/mol. The molecule has 0 unspecified atom stereocenters. The topological polar surface area (TPSA) is 49.7 Å². The molecule has 1 rings (SSSR count). The molecule has 0 aliphatic rings. The Morgan fingerprint density at radius 2 is 0.848 bits per heavy atom. The van der Waals surface area contributed by atoms with E-state index in [2.05, 4.69) is 67.5 Å². The van der Waals surface area contributed by atoms with Gasteiger partial charge in [-0.15, -0.1) is 0 Å². The molecule has 0 aliphatic carbocycles. The summed E-state index contributed by atoms with van der Waals surface area (Å²) in [5.74, 6) is 0.691. The van der Waals surface area contributed by atoms with Crippen LogP contribution in [-0.2, 0) is 10.8 Å². The van der Waals surface area contributed by atoms with Crippen LogP contribution in [0.4, 0.5) is 0 Å². The van der Waals surface area contributed by atoms with Gasteiger partial charge in [-0.3, -0.25) is 0 Å². The molecule has 0 aliphatic heterocycles. The van der Waals surface area contributed by atoms with Gasteiger partial charge >= 0.3 is 275 Å². The van der Waals surface area contributed by atoms with Crippen LogP contribution in [-0.4, -0.2) is 22.1 Å². The van der Waals surface area contributed by atoms with Crippen LogP contribution in [0.2, 0.25) is 0 Å². The van der Waals surface area contributed by atoms with Crippen molar-refractivity contribution in [2.75, 3.05) is 12.3 Å². The van der Waals surface area contributed by atoms with Crippen LogP contribution in [0.15, 0.2) is 18.2 Å². The summed E-state index contributed by atoms with van der Waals surface area (Å²) in [6.45, 7) is 18.1. The summed E-state index contributed by atoms with van der Waals surface area (Å²) in [6, 6.07) is 6.51. The van der Waals surface area contributed by atoms with E-state index in [9.17, 15) is 9.79 Å². The van der Waals surface area contributed by atoms with E-state index in [-0.39, 0.29) is 10.8 Å². The molecule has 0 amide bonds. The Balaban J connectivity index is 2.89. The number of unbranched alkanes of at least 4 members (excludes halogenated alkanes) is 20. The van der Waals surface area contributed by atoms with Crippen molar-refractivity contribution < 1.29 is 14.3 Å². The summed E-state index contributed by atoms with van der Waals surface area (Å²) in [6.07, 6.45) is 30.3. The second-order valence-electron chi connectivity index (χ2n) is 16.1. The third-order valence-electron chi connectivity index (χ3n) is 11.0. The minimum absolute atomic E-state index is 0.0616. The first-order valence-corrected chi connectivity index (χ1v) is 22.6. The van der Waals surface area contributed by atoms with Crippen LogP contribution in [0.3, 0.4) is 0 Å². The second-order valence-corrected chi connectivity index (χ2v) is 19.8. The van der Waals surface area contributed by atoms with Crippen LogP contribution >= 0.6 is 7.28 Å². The third-order valence-corrected chi connectivity index (χ3v) is 14.0. The van der Waals surface area contributed by atoms with Crippen molar-refractivity contribution in [3.63, 3.8) is 0 Å². The zero-order chi connectivity index (χ0) is 34.4. The zero-order valence-corrected chi connectivity index (χ0v) is 33.3. The Morgan fingerprint density at radius 3 is 1.20 bits per heavy atom. The van der Waals surface area contributed by atoms with Crippen molar-refractivity contribution in [2.24, 2.45) is 0 Å². The number of hydrogen-bond donors (Lipinski definition) is 2. The summed E-state index contributed by atoms with van der Waals surface area (Å²) in [5, 5.41) is 0. The summed E-state index contributed by atoms with van der Waals surface area (Å²) in [4.78, 5) is 24.4. The van der Waals surface area contributed by atoms with Gasteiger partial charge in [-0.1, -0.05) is 13.8 Å². The van der Waals surface area contributed by atoms with Crippen LogP contribution in [0, 0.1) is 0 Å². The van der Waals surface area contributed by atoms with E-state index in [0.29, 0.717) is 18.1 Å². The van der Waals surface area contributed by atoms with Crippen molar-refractivity contribution >= 4 is 7.28 Å². The third kappa shape index (κ3) is 17.7. The SMILES string of the molecule is CCCCCCCCCCCCCP(O)(O)(CCCCCCCCCCCCC)Oc1ccc(C(C)(C)CC)cc1C(C)(C)CC. The van der Waals surface area contributed by atoms with Gasteiger partial charge in [-0.2, -0.15) is 0 Å². The molecule has 3 nitrogen and oxygen atoms in total. The minimum atomic E-state index is -4.37. The standard InChI is InChI=1S/C42H81O3P/c1-9-13-15-17-19-21-23-25-27-29-31-35-46(43,44,36-32-30-28-26-24-22-20-18-16-14-10-2)45-40-34-33-38(41(5,6)11-3)37-39(40)42(7,8)12-4/h33-34,37,43-44H,9-32,35-36H2,1-8H3. The Labute approximate surface area is 288 Å². The van der Waals surface area contributed by atoms with Crippen molar-refractivity contribution in [3.8, 4) is 5.75 Å². The first-order valence-electron chi connectivity index (χ1n) is 20.2. The first kappa shape index (κ1) is 43.4. The van der Waals surface area contributed by atoms with Crippen molar-refractivity contribution in [3.05, 3.63) is 29.3 Å². The molecule has 272 valence electrons. The van der Waals surface area contributed by atoms with Gasteiger partial charge in [0.2, 0.25) is 0 Å². The van der Waals surface area contributed by atoms with Gasteiger partial charge in [0.25, 0.3) is 0 Å². The van der Waals surface area contributed by atoms with E-state index in [1.807, 2.05) is 6.07 Å². The predicted octanol–water partition coefficient (Wildman–Crippen LogP) is 14.3. The van der Waals surface area contributed by atoms with E-state index in [1.165, 1.54) is 121 Å². The fourth-order valence-corrected chi connectivity index (χ4v) is 9.31. The van der Waals surface area contributed by atoms with Crippen LogP contribution in [0.1, 0.15) is 221 Å². The van der Waals surface area contributed by atoms with E-state index < -0.39 is 7.28 Å². The van der Waals surface area contributed by atoms with Gasteiger partial charge in [-0.25, -0.2) is 0 Å². The Bertz CT molecular complexity index is 876. The Hall–Kier alpha value is -0.630. The summed E-state index contributed by atoms with van der Waals surface area (Å²) in [5.41, 5.74) is 2.35. The van der Waals surface area contributed by atoms with E-state index >= 15 is 0 Å². The fourth-order valence-electron chi connectivity index (χ4n) is 6.57. The maximum atomic E-state index is 12.2. The predicted molar refractivity (Wildman–Crippen MR) is 208 cm³/mol. The van der Waals surface area contributed by atoms with Crippen molar-refractivity contribution in [2.45, 2.75) is 220 Å². The van der Waals surface area contributed by atoms with Crippen LogP contribution < -0.4 is 4.52 Å². The molecule has 0 saturated heterocycles. The van der Waals surface area contributed by atoms with E-state index in [1.54, 1.807) is 0 Å². The summed E-state index contributed by atoms with van der Waals surface area (Å²) >= 11 is 0. The molecule has 0 atom stereocenters. The molecular formula is C42H81O3P. The fraction of sp³-hybridized carbons (Fsp3) is 0.857. The molecule has 0 radical (unpaired) electrons. The van der Waals surface area contributed by atoms with E-state index in [0.717, 1.165) is 44.1 Å². The molecular weight excluding hydrogens is 583 g/mol. The molecule has 1 aromatic carbocycles. The normalized spacial score (nSPS) is 13.6. The Kier molecular flexibility index (Phi) is 21.6. The number of benzene rings is 1. The van der Waals surface area contributed by atoms with Gasteiger partial charge in [0.1, 0.15) is 0 Å². The van der Waals surface area contributed by atoms with Crippen LogP contribution in [0.25, 0.3) is 0 Å². The molecule has 0 bridgehead atoms. The molecule has 2 N–H and O–H groups in total. The molecule has 0 aromatic heterocycles. The van der Waals surface area contributed by atoms with Gasteiger partial charge in [0.05, 0.1) is 0 Å².